The van der Waals surface area contributed by atoms with Gasteiger partial charge in [0, 0.05) is 16.0 Å². The molecule has 0 spiro atoms. The lowest BCUT2D eigenvalue weighted by atomic mass is 9.65. The summed E-state index contributed by atoms with van der Waals surface area (Å²) in [4.78, 5) is 4.40. The molecule has 27 heavy (non-hydrogen) atoms. The van der Waals surface area contributed by atoms with Gasteiger partial charge in [0.1, 0.15) is 6.61 Å². The fourth-order valence-corrected chi connectivity index (χ4v) is 3.57. The Balaban J connectivity index is 1.37. The first-order chi connectivity index (χ1) is 13.2. The maximum Gasteiger partial charge on any atom is 0.252 e. The highest BCUT2D eigenvalue weighted by atomic mass is 35.5. The second-order valence-corrected chi connectivity index (χ2v) is 7.44. The normalized spacial score (nSPS) is 15.5. The first kappa shape index (κ1) is 18.2. The molecule has 0 saturated heterocycles. The Morgan fingerprint density at radius 3 is 2.44 bits per heavy atom. The zero-order chi connectivity index (χ0) is 18.7. The van der Waals surface area contributed by atoms with E-state index in [1.165, 1.54) is 12.0 Å². The molecule has 3 aromatic rings. The number of nitrogens with zero attached hydrogens (tertiary/aromatic N) is 2. The van der Waals surface area contributed by atoms with Gasteiger partial charge in [-0.05, 0) is 36.1 Å². The number of hydrogen-bond donors (Lipinski definition) is 1. The van der Waals surface area contributed by atoms with E-state index in [1.54, 1.807) is 0 Å². The number of benzene rings is 2. The van der Waals surface area contributed by atoms with Crippen LogP contribution in [0, 0.1) is 0 Å². The molecule has 0 unspecified atom stereocenters. The van der Waals surface area contributed by atoms with Crippen molar-refractivity contribution < 1.29 is 14.4 Å². The molecular formula is C21H21ClN2O3. The van der Waals surface area contributed by atoms with Gasteiger partial charge < -0.3 is 14.4 Å². The van der Waals surface area contributed by atoms with Gasteiger partial charge in [-0.3, -0.25) is 0 Å². The summed E-state index contributed by atoms with van der Waals surface area (Å²) in [5.41, 5.74) is 3.03. The molecule has 5 nitrogen and oxygen atoms in total. The summed E-state index contributed by atoms with van der Waals surface area (Å²) < 4.78 is 11.2. The van der Waals surface area contributed by atoms with Crippen molar-refractivity contribution in [2.75, 3.05) is 6.61 Å². The summed E-state index contributed by atoms with van der Waals surface area (Å²) in [5.74, 6) is 0.982. The number of aliphatic hydroxyl groups is 1. The van der Waals surface area contributed by atoms with Crippen LogP contribution in [0.1, 0.15) is 36.3 Å². The number of aliphatic hydroxyl groups excluding tert-OH is 1. The molecule has 1 aromatic heterocycles. The second-order valence-electron chi connectivity index (χ2n) is 7.00. The molecule has 1 heterocycles. The molecule has 0 amide bonds. The lowest BCUT2D eigenvalue weighted by Crippen LogP contribution is -2.38. The molecule has 2 aromatic carbocycles. The Morgan fingerprint density at radius 1 is 1.07 bits per heavy atom. The minimum Gasteiger partial charge on any atom is -0.392 e. The SMILES string of the molecule is OCc1ccc(-c2noc(COCC3(c4ccc(Cl)cc4)CCC3)n2)cc1. The molecule has 0 radical (unpaired) electrons. The van der Waals surface area contributed by atoms with Crippen LogP contribution in [0.25, 0.3) is 11.4 Å². The predicted octanol–water partition coefficient (Wildman–Crippen LogP) is 4.52. The van der Waals surface area contributed by atoms with Crippen molar-refractivity contribution in [3.63, 3.8) is 0 Å². The third-order valence-electron chi connectivity index (χ3n) is 5.23. The molecule has 0 aliphatic heterocycles. The topological polar surface area (TPSA) is 68.4 Å². The van der Waals surface area contributed by atoms with Gasteiger partial charge in [0.15, 0.2) is 0 Å². The van der Waals surface area contributed by atoms with Crippen molar-refractivity contribution in [3.05, 3.63) is 70.6 Å². The van der Waals surface area contributed by atoms with Crippen LogP contribution in [-0.2, 0) is 23.4 Å². The van der Waals surface area contributed by atoms with Gasteiger partial charge in [0.25, 0.3) is 5.89 Å². The Bertz CT molecular complexity index is 887. The van der Waals surface area contributed by atoms with Gasteiger partial charge in [-0.15, -0.1) is 0 Å². The molecule has 1 fully saturated rings. The quantitative estimate of drug-likeness (QED) is 0.648. The highest BCUT2D eigenvalue weighted by Crippen LogP contribution is 2.44. The minimum atomic E-state index is 0.0149. The number of halogens is 1. The highest BCUT2D eigenvalue weighted by Gasteiger charge is 2.39. The van der Waals surface area contributed by atoms with Crippen LogP contribution in [0.5, 0.6) is 0 Å². The first-order valence-corrected chi connectivity index (χ1v) is 9.43. The standard InChI is InChI=1S/C21H21ClN2O3/c22-18-8-6-17(7-9-18)21(10-1-11-21)14-26-13-19-23-20(24-27-19)16-4-2-15(12-25)3-5-16/h2-9,25H,1,10-14H2. The number of hydrogen-bond acceptors (Lipinski definition) is 5. The van der Waals surface area contributed by atoms with Crippen molar-refractivity contribution in [1.29, 1.82) is 0 Å². The zero-order valence-corrected chi connectivity index (χ0v) is 15.7. The van der Waals surface area contributed by atoms with E-state index in [0.29, 0.717) is 18.3 Å². The molecule has 6 heteroatoms. The monoisotopic (exact) mass is 384 g/mol. The van der Waals surface area contributed by atoms with Crippen LogP contribution in [0.4, 0.5) is 0 Å². The summed E-state index contributed by atoms with van der Waals surface area (Å²) in [5, 5.41) is 13.9. The number of ether oxygens (including phenoxy) is 1. The molecular weight excluding hydrogens is 364 g/mol. The van der Waals surface area contributed by atoms with Crippen LogP contribution >= 0.6 is 11.6 Å². The van der Waals surface area contributed by atoms with E-state index in [1.807, 2.05) is 36.4 Å². The Morgan fingerprint density at radius 2 is 1.81 bits per heavy atom. The molecule has 4 rings (SSSR count). The lowest BCUT2D eigenvalue weighted by molar-refractivity contribution is 0.0243. The summed E-state index contributed by atoms with van der Waals surface area (Å²) >= 11 is 6.01. The molecule has 1 aliphatic carbocycles. The summed E-state index contributed by atoms with van der Waals surface area (Å²) in [6.45, 7) is 0.926. The average Bonchev–Trinajstić information content (AvgIpc) is 3.14. The largest absolute Gasteiger partial charge is 0.392 e. The predicted molar refractivity (Wildman–Crippen MR) is 102 cm³/mol. The molecule has 1 saturated carbocycles. The van der Waals surface area contributed by atoms with E-state index in [-0.39, 0.29) is 18.6 Å². The molecule has 0 bridgehead atoms. The van der Waals surface area contributed by atoms with Crippen molar-refractivity contribution in [2.24, 2.45) is 0 Å². The van der Waals surface area contributed by atoms with Gasteiger partial charge in [-0.25, -0.2) is 0 Å². The molecule has 0 atom stereocenters. The highest BCUT2D eigenvalue weighted by molar-refractivity contribution is 6.30. The smallest absolute Gasteiger partial charge is 0.252 e. The molecule has 1 aliphatic rings. The van der Waals surface area contributed by atoms with Gasteiger partial charge in [-0.1, -0.05) is 59.6 Å². The lowest BCUT2D eigenvalue weighted by Gasteiger charge is -2.42. The van der Waals surface area contributed by atoms with Gasteiger partial charge >= 0.3 is 0 Å². The van der Waals surface area contributed by atoms with E-state index < -0.39 is 0 Å². The number of aromatic nitrogens is 2. The van der Waals surface area contributed by atoms with E-state index in [4.69, 9.17) is 26.0 Å². The maximum atomic E-state index is 9.11. The third kappa shape index (κ3) is 3.90. The summed E-state index contributed by atoms with van der Waals surface area (Å²) in [6.07, 6.45) is 3.43. The Hall–Kier alpha value is -2.21. The maximum absolute atomic E-state index is 9.11. The minimum absolute atomic E-state index is 0.0149. The van der Waals surface area contributed by atoms with Crippen molar-refractivity contribution in [1.82, 2.24) is 10.1 Å². The van der Waals surface area contributed by atoms with Gasteiger partial charge in [-0.2, -0.15) is 4.98 Å². The van der Waals surface area contributed by atoms with Gasteiger partial charge in [0.05, 0.1) is 13.2 Å². The van der Waals surface area contributed by atoms with Gasteiger partial charge in [0.2, 0.25) is 5.82 Å². The third-order valence-corrected chi connectivity index (χ3v) is 5.49. The van der Waals surface area contributed by atoms with Crippen LogP contribution in [0.15, 0.2) is 53.1 Å². The first-order valence-electron chi connectivity index (χ1n) is 9.05. The van der Waals surface area contributed by atoms with Crippen molar-refractivity contribution in [2.45, 2.75) is 37.9 Å². The number of rotatable bonds is 7. The molecule has 1 N–H and O–H groups in total. The van der Waals surface area contributed by atoms with Crippen LogP contribution in [0.2, 0.25) is 5.02 Å². The van der Waals surface area contributed by atoms with Crippen LogP contribution in [0.3, 0.4) is 0 Å². The van der Waals surface area contributed by atoms with Crippen molar-refractivity contribution in [3.8, 4) is 11.4 Å². The fourth-order valence-electron chi connectivity index (χ4n) is 3.45. The van der Waals surface area contributed by atoms with Crippen molar-refractivity contribution >= 4 is 11.6 Å². The second kappa shape index (κ2) is 7.80. The fraction of sp³-hybridized carbons (Fsp3) is 0.333. The average molecular weight is 385 g/mol. The summed E-state index contributed by atoms with van der Waals surface area (Å²) in [6, 6.07) is 15.5. The molecule has 140 valence electrons. The van der Waals surface area contributed by atoms with Crippen LogP contribution < -0.4 is 0 Å². The Labute approximate surface area is 162 Å². The Kier molecular flexibility index (Phi) is 5.25. The van der Waals surface area contributed by atoms with E-state index in [9.17, 15) is 0 Å². The van der Waals surface area contributed by atoms with E-state index in [2.05, 4.69) is 22.3 Å². The summed E-state index contributed by atoms with van der Waals surface area (Å²) in [7, 11) is 0. The zero-order valence-electron chi connectivity index (χ0n) is 14.9. The van der Waals surface area contributed by atoms with E-state index in [0.717, 1.165) is 29.0 Å². The van der Waals surface area contributed by atoms with E-state index >= 15 is 0 Å². The van der Waals surface area contributed by atoms with Crippen LogP contribution in [-0.4, -0.2) is 21.9 Å².